The molecule has 0 amide bonds. The molecule has 0 atom stereocenters. The second kappa shape index (κ2) is 5.85. The molecular weight excluding hydrogens is 276 g/mol. The lowest BCUT2D eigenvalue weighted by atomic mass is 9.81. The summed E-state index contributed by atoms with van der Waals surface area (Å²) in [6, 6.07) is 9.36. The zero-order valence-corrected chi connectivity index (χ0v) is 12.5. The van der Waals surface area contributed by atoms with Crippen LogP contribution < -0.4 is 17.2 Å². The standard InChI is InChI=1S/C17H22N4O/c18-11-7-5-10(6-8-11)13-9-14(21-17(20)16(13)19)12-3-1-2-4-15(12)22/h1-4,9-11,22H,5-8,18-19H2,(H2,20,21). The molecule has 2 aromatic rings. The highest BCUT2D eigenvalue weighted by Crippen LogP contribution is 2.39. The molecule has 1 saturated carbocycles. The zero-order valence-electron chi connectivity index (χ0n) is 12.5. The van der Waals surface area contributed by atoms with E-state index in [0.717, 1.165) is 31.2 Å². The summed E-state index contributed by atoms with van der Waals surface area (Å²) < 4.78 is 0. The minimum atomic E-state index is 0.191. The largest absolute Gasteiger partial charge is 0.507 e. The fraction of sp³-hybridized carbons (Fsp3) is 0.353. The first-order valence-electron chi connectivity index (χ1n) is 7.66. The molecule has 7 N–H and O–H groups in total. The van der Waals surface area contributed by atoms with Crippen molar-refractivity contribution in [2.45, 2.75) is 37.6 Å². The molecule has 116 valence electrons. The van der Waals surface area contributed by atoms with Gasteiger partial charge in [-0.3, -0.25) is 0 Å². The summed E-state index contributed by atoms with van der Waals surface area (Å²) in [5.74, 6) is 0.871. The summed E-state index contributed by atoms with van der Waals surface area (Å²) >= 11 is 0. The molecule has 22 heavy (non-hydrogen) atoms. The van der Waals surface area contributed by atoms with Crippen molar-refractivity contribution in [2.24, 2.45) is 5.73 Å². The number of benzene rings is 1. The van der Waals surface area contributed by atoms with Gasteiger partial charge in [-0.05, 0) is 55.4 Å². The van der Waals surface area contributed by atoms with Crippen molar-refractivity contribution in [2.75, 3.05) is 11.5 Å². The Labute approximate surface area is 130 Å². The third-order valence-electron chi connectivity index (χ3n) is 4.51. The highest BCUT2D eigenvalue weighted by molar-refractivity contribution is 5.74. The van der Waals surface area contributed by atoms with Gasteiger partial charge in [-0.25, -0.2) is 4.98 Å². The quantitative estimate of drug-likeness (QED) is 0.681. The van der Waals surface area contributed by atoms with E-state index in [9.17, 15) is 5.11 Å². The van der Waals surface area contributed by atoms with Gasteiger partial charge in [0, 0.05) is 11.6 Å². The number of anilines is 2. The number of para-hydroxylation sites is 1. The van der Waals surface area contributed by atoms with E-state index in [4.69, 9.17) is 17.2 Å². The van der Waals surface area contributed by atoms with Crippen LogP contribution >= 0.6 is 0 Å². The zero-order chi connectivity index (χ0) is 15.7. The molecule has 1 fully saturated rings. The Morgan fingerprint density at radius 1 is 1.05 bits per heavy atom. The molecule has 1 aromatic carbocycles. The second-order valence-corrected chi connectivity index (χ2v) is 6.02. The van der Waals surface area contributed by atoms with E-state index in [-0.39, 0.29) is 11.8 Å². The van der Waals surface area contributed by atoms with Gasteiger partial charge in [0.15, 0.2) is 0 Å². The molecule has 1 heterocycles. The maximum absolute atomic E-state index is 10.0. The minimum absolute atomic E-state index is 0.191. The third-order valence-corrected chi connectivity index (χ3v) is 4.51. The summed E-state index contributed by atoms with van der Waals surface area (Å²) in [5, 5.41) is 10.0. The topological polar surface area (TPSA) is 111 Å². The predicted molar refractivity (Wildman–Crippen MR) is 89.3 cm³/mol. The van der Waals surface area contributed by atoms with E-state index in [1.165, 1.54) is 0 Å². The van der Waals surface area contributed by atoms with Gasteiger partial charge in [-0.1, -0.05) is 12.1 Å². The summed E-state index contributed by atoms with van der Waals surface area (Å²) in [5.41, 5.74) is 21.0. The molecular formula is C17H22N4O. The molecule has 1 aliphatic rings. The number of aromatic hydroxyl groups is 1. The van der Waals surface area contributed by atoms with Crippen LogP contribution in [0.3, 0.4) is 0 Å². The summed E-state index contributed by atoms with van der Waals surface area (Å²) in [6.07, 6.45) is 4.01. The lowest BCUT2D eigenvalue weighted by molar-refractivity contribution is 0.396. The third kappa shape index (κ3) is 2.72. The monoisotopic (exact) mass is 298 g/mol. The molecule has 0 spiro atoms. The van der Waals surface area contributed by atoms with Crippen molar-refractivity contribution in [1.82, 2.24) is 4.98 Å². The Bertz CT molecular complexity index is 678. The number of rotatable bonds is 2. The molecule has 0 saturated heterocycles. The molecule has 0 radical (unpaired) electrons. The van der Waals surface area contributed by atoms with Gasteiger partial charge in [0.2, 0.25) is 0 Å². The normalized spacial score (nSPS) is 21.7. The average molecular weight is 298 g/mol. The summed E-state index contributed by atoms with van der Waals surface area (Å²) in [4.78, 5) is 4.34. The van der Waals surface area contributed by atoms with E-state index in [0.29, 0.717) is 28.7 Å². The number of pyridine rings is 1. The van der Waals surface area contributed by atoms with Crippen LogP contribution in [0, 0.1) is 0 Å². The van der Waals surface area contributed by atoms with Crippen molar-refractivity contribution >= 4 is 11.5 Å². The Kier molecular flexibility index (Phi) is 3.90. The number of nitrogens with zero attached hydrogens (tertiary/aromatic N) is 1. The van der Waals surface area contributed by atoms with E-state index < -0.39 is 0 Å². The van der Waals surface area contributed by atoms with Gasteiger partial charge in [-0.2, -0.15) is 0 Å². The number of phenolic OH excluding ortho intramolecular Hbond substituents is 1. The van der Waals surface area contributed by atoms with Crippen LogP contribution in [0.2, 0.25) is 0 Å². The number of hydrogen-bond donors (Lipinski definition) is 4. The van der Waals surface area contributed by atoms with E-state index >= 15 is 0 Å². The maximum Gasteiger partial charge on any atom is 0.147 e. The Morgan fingerprint density at radius 3 is 2.41 bits per heavy atom. The van der Waals surface area contributed by atoms with Gasteiger partial charge in [0.1, 0.15) is 11.6 Å². The van der Waals surface area contributed by atoms with Crippen LogP contribution in [0.25, 0.3) is 11.3 Å². The summed E-state index contributed by atoms with van der Waals surface area (Å²) in [6.45, 7) is 0. The highest BCUT2D eigenvalue weighted by Gasteiger charge is 2.24. The van der Waals surface area contributed by atoms with Gasteiger partial charge < -0.3 is 22.3 Å². The van der Waals surface area contributed by atoms with Crippen molar-refractivity contribution in [3.63, 3.8) is 0 Å². The first-order chi connectivity index (χ1) is 10.6. The SMILES string of the molecule is Nc1nc(-c2ccccc2O)cc(C2CCC(N)CC2)c1N. The number of nitrogen functional groups attached to an aromatic ring is 2. The van der Waals surface area contributed by atoms with E-state index in [1.807, 2.05) is 18.2 Å². The van der Waals surface area contributed by atoms with Crippen LogP contribution in [-0.2, 0) is 0 Å². The number of aromatic nitrogens is 1. The highest BCUT2D eigenvalue weighted by atomic mass is 16.3. The smallest absolute Gasteiger partial charge is 0.147 e. The van der Waals surface area contributed by atoms with Gasteiger partial charge in [0.25, 0.3) is 0 Å². The van der Waals surface area contributed by atoms with E-state index in [1.54, 1.807) is 12.1 Å². The molecule has 0 aliphatic heterocycles. The molecule has 5 heteroatoms. The van der Waals surface area contributed by atoms with Crippen LogP contribution in [0.5, 0.6) is 5.75 Å². The lowest BCUT2D eigenvalue weighted by Crippen LogP contribution is -2.26. The van der Waals surface area contributed by atoms with Crippen molar-refractivity contribution in [3.05, 3.63) is 35.9 Å². The number of phenols is 1. The first-order valence-corrected chi connectivity index (χ1v) is 7.66. The predicted octanol–water partition coefficient (Wildman–Crippen LogP) is 2.60. The minimum Gasteiger partial charge on any atom is -0.507 e. The second-order valence-electron chi connectivity index (χ2n) is 6.02. The molecule has 0 bridgehead atoms. The van der Waals surface area contributed by atoms with Crippen LogP contribution in [0.15, 0.2) is 30.3 Å². The fourth-order valence-corrected chi connectivity index (χ4v) is 3.19. The number of hydrogen-bond acceptors (Lipinski definition) is 5. The molecule has 1 aliphatic carbocycles. The van der Waals surface area contributed by atoms with Crippen molar-refractivity contribution in [3.8, 4) is 17.0 Å². The summed E-state index contributed by atoms with van der Waals surface area (Å²) in [7, 11) is 0. The van der Waals surface area contributed by atoms with Gasteiger partial charge in [0.05, 0.1) is 11.4 Å². The van der Waals surface area contributed by atoms with E-state index in [2.05, 4.69) is 4.98 Å². The fourth-order valence-electron chi connectivity index (χ4n) is 3.19. The average Bonchev–Trinajstić information content (AvgIpc) is 2.51. The maximum atomic E-state index is 10.0. The van der Waals surface area contributed by atoms with Gasteiger partial charge in [-0.15, -0.1) is 0 Å². The van der Waals surface area contributed by atoms with Crippen molar-refractivity contribution < 1.29 is 5.11 Å². The van der Waals surface area contributed by atoms with Crippen LogP contribution in [-0.4, -0.2) is 16.1 Å². The molecule has 3 rings (SSSR count). The van der Waals surface area contributed by atoms with Crippen LogP contribution in [0.1, 0.15) is 37.2 Å². The van der Waals surface area contributed by atoms with Crippen molar-refractivity contribution in [1.29, 1.82) is 0 Å². The first kappa shape index (κ1) is 14.7. The molecule has 5 nitrogen and oxygen atoms in total. The van der Waals surface area contributed by atoms with Crippen LogP contribution in [0.4, 0.5) is 11.5 Å². The Morgan fingerprint density at radius 2 is 1.73 bits per heavy atom. The molecule has 1 aromatic heterocycles. The lowest BCUT2D eigenvalue weighted by Gasteiger charge is -2.27. The van der Waals surface area contributed by atoms with Gasteiger partial charge >= 0.3 is 0 Å². The Hall–Kier alpha value is -2.27. The molecule has 0 unspecified atom stereocenters. The number of nitrogens with two attached hydrogens (primary N) is 3. The Balaban J connectivity index is 2.02.